The number of rotatable bonds is 5. The number of carbonyl (C=O) groups excluding carboxylic acids is 1. The van der Waals surface area contributed by atoms with Crippen LogP contribution in [-0.4, -0.2) is 28.6 Å². The van der Waals surface area contributed by atoms with Gasteiger partial charge in [-0.15, -0.1) is 0 Å². The van der Waals surface area contributed by atoms with Crippen molar-refractivity contribution in [2.24, 2.45) is 0 Å². The number of ether oxygens (including phenoxy) is 2. The number of esters is 1. The molecule has 0 saturated carbocycles. The number of fused-ring (bicyclic) bond motifs is 1. The molecule has 2 heterocycles. The van der Waals surface area contributed by atoms with E-state index in [-0.39, 0.29) is 29.6 Å². The summed E-state index contributed by atoms with van der Waals surface area (Å²) < 4.78 is 11.2. The van der Waals surface area contributed by atoms with E-state index in [0.29, 0.717) is 18.1 Å². The standard InChI is InChI=1S/C19H25N5O3/c1-5-26-18(25)16-10(4)12-6-11(9(2)3)14(7-13(12)23-16)27-15-8-22-19(21)24-17(15)20/h6-10,16,23H,5H2,1-4H3,(H4,20,21,22,24). The Hall–Kier alpha value is -3.03. The zero-order valence-electron chi connectivity index (χ0n) is 15.9. The first-order chi connectivity index (χ1) is 12.8. The van der Waals surface area contributed by atoms with Gasteiger partial charge in [-0.2, -0.15) is 4.98 Å². The molecule has 0 radical (unpaired) electrons. The van der Waals surface area contributed by atoms with Crippen LogP contribution in [0.1, 0.15) is 50.7 Å². The normalized spacial score (nSPS) is 18.1. The molecule has 1 aliphatic rings. The first-order valence-corrected chi connectivity index (χ1v) is 8.98. The molecular weight excluding hydrogens is 346 g/mol. The van der Waals surface area contributed by atoms with Crippen molar-refractivity contribution >= 4 is 23.4 Å². The molecule has 2 atom stereocenters. The summed E-state index contributed by atoms with van der Waals surface area (Å²) >= 11 is 0. The molecule has 0 bridgehead atoms. The van der Waals surface area contributed by atoms with Crippen molar-refractivity contribution in [3.63, 3.8) is 0 Å². The largest absolute Gasteiger partial charge is 0.464 e. The molecule has 2 unspecified atom stereocenters. The predicted octanol–water partition coefficient (Wildman–Crippen LogP) is 3.02. The van der Waals surface area contributed by atoms with E-state index in [0.717, 1.165) is 16.8 Å². The Kier molecular flexibility index (Phi) is 5.07. The fourth-order valence-corrected chi connectivity index (χ4v) is 3.22. The highest BCUT2D eigenvalue weighted by Gasteiger charge is 2.36. The number of aromatic nitrogens is 2. The van der Waals surface area contributed by atoms with Gasteiger partial charge in [-0.25, -0.2) is 9.78 Å². The number of nitrogen functional groups attached to an aromatic ring is 2. The second kappa shape index (κ2) is 7.30. The van der Waals surface area contributed by atoms with Crippen molar-refractivity contribution in [3.05, 3.63) is 29.5 Å². The van der Waals surface area contributed by atoms with Crippen LogP contribution in [0.15, 0.2) is 18.3 Å². The van der Waals surface area contributed by atoms with E-state index < -0.39 is 6.04 Å². The summed E-state index contributed by atoms with van der Waals surface area (Å²) in [5.41, 5.74) is 14.3. The van der Waals surface area contributed by atoms with E-state index in [1.807, 2.05) is 13.0 Å². The summed E-state index contributed by atoms with van der Waals surface area (Å²) in [5.74, 6) is 1.16. The maximum absolute atomic E-state index is 12.2. The van der Waals surface area contributed by atoms with Gasteiger partial charge in [0.25, 0.3) is 0 Å². The second-order valence-corrected chi connectivity index (χ2v) is 6.87. The van der Waals surface area contributed by atoms with Crippen LogP contribution in [0.5, 0.6) is 11.5 Å². The van der Waals surface area contributed by atoms with Crippen LogP contribution in [-0.2, 0) is 9.53 Å². The van der Waals surface area contributed by atoms with Gasteiger partial charge in [-0.05, 0) is 30.0 Å². The number of anilines is 3. The van der Waals surface area contributed by atoms with Crippen LogP contribution in [0.25, 0.3) is 0 Å². The summed E-state index contributed by atoms with van der Waals surface area (Å²) in [6.45, 7) is 8.31. The van der Waals surface area contributed by atoms with Crippen LogP contribution in [0.4, 0.5) is 17.5 Å². The fourth-order valence-electron chi connectivity index (χ4n) is 3.22. The maximum Gasteiger partial charge on any atom is 0.329 e. The van der Waals surface area contributed by atoms with Gasteiger partial charge < -0.3 is 26.3 Å². The number of hydrogen-bond acceptors (Lipinski definition) is 8. The Morgan fingerprint density at radius 2 is 2.04 bits per heavy atom. The van der Waals surface area contributed by atoms with E-state index in [1.54, 1.807) is 6.92 Å². The summed E-state index contributed by atoms with van der Waals surface area (Å²) in [6.07, 6.45) is 1.45. The van der Waals surface area contributed by atoms with Crippen molar-refractivity contribution in [1.82, 2.24) is 9.97 Å². The summed E-state index contributed by atoms with van der Waals surface area (Å²) in [5, 5.41) is 3.25. The Balaban J connectivity index is 1.97. The van der Waals surface area contributed by atoms with E-state index >= 15 is 0 Å². The zero-order valence-corrected chi connectivity index (χ0v) is 15.9. The summed E-state index contributed by atoms with van der Waals surface area (Å²) in [7, 11) is 0. The molecule has 8 nitrogen and oxygen atoms in total. The van der Waals surface area contributed by atoms with Crippen LogP contribution in [0.2, 0.25) is 0 Å². The van der Waals surface area contributed by atoms with E-state index in [2.05, 4.69) is 35.2 Å². The molecule has 0 spiro atoms. The number of hydrogen-bond donors (Lipinski definition) is 3. The molecule has 8 heteroatoms. The summed E-state index contributed by atoms with van der Waals surface area (Å²) in [4.78, 5) is 20.1. The average molecular weight is 371 g/mol. The van der Waals surface area contributed by atoms with Gasteiger partial charge in [0, 0.05) is 17.7 Å². The third-order valence-corrected chi connectivity index (χ3v) is 4.67. The molecule has 0 aliphatic carbocycles. The van der Waals surface area contributed by atoms with Crippen molar-refractivity contribution in [2.45, 2.75) is 45.6 Å². The molecular formula is C19H25N5O3. The zero-order chi connectivity index (χ0) is 19.7. The fraction of sp³-hybridized carbons (Fsp3) is 0.421. The molecule has 27 heavy (non-hydrogen) atoms. The van der Waals surface area contributed by atoms with Crippen LogP contribution < -0.4 is 21.5 Å². The monoisotopic (exact) mass is 371 g/mol. The molecule has 144 valence electrons. The number of nitrogens with two attached hydrogens (primary N) is 2. The van der Waals surface area contributed by atoms with Gasteiger partial charge in [-0.3, -0.25) is 0 Å². The van der Waals surface area contributed by atoms with Crippen molar-refractivity contribution in [2.75, 3.05) is 23.4 Å². The average Bonchev–Trinajstić information content (AvgIpc) is 2.93. The van der Waals surface area contributed by atoms with Gasteiger partial charge in [0.15, 0.2) is 11.6 Å². The molecule has 3 rings (SSSR count). The lowest BCUT2D eigenvalue weighted by atomic mass is 9.92. The SMILES string of the molecule is CCOC(=O)C1Nc2cc(Oc3cnc(N)nc3N)c(C(C)C)cc2C1C. The lowest BCUT2D eigenvalue weighted by molar-refractivity contribution is -0.144. The maximum atomic E-state index is 12.2. The first-order valence-electron chi connectivity index (χ1n) is 8.98. The third kappa shape index (κ3) is 3.60. The van der Waals surface area contributed by atoms with Gasteiger partial charge >= 0.3 is 5.97 Å². The van der Waals surface area contributed by atoms with Crippen LogP contribution in [0.3, 0.4) is 0 Å². The Bertz CT molecular complexity index is 869. The van der Waals surface area contributed by atoms with Gasteiger partial charge in [0.05, 0.1) is 12.8 Å². The van der Waals surface area contributed by atoms with Gasteiger partial charge in [0.2, 0.25) is 5.95 Å². The van der Waals surface area contributed by atoms with Crippen molar-refractivity contribution in [3.8, 4) is 11.5 Å². The lowest BCUT2D eigenvalue weighted by Crippen LogP contribution is -2.31. The number of nitrogens with one attached hydrogen (secondary N) is 1. The smallest absolute Gasteiger partial charge is 0.329 e. The van der Waals surface area contributed by atoms with Crippen molar-refractivity contribution < 1.29 is 14.3 Å². The number of nitrogens with zero attached hydrogens (tertiary/aromatic N) is 2. The highest BCUT2D eigenvalue weighted by Crippen LogP contribution is 2.43. The topological polar surface area (TPSA) is 125 Å². The Labute approximate surface area is 158 Å². The highest BCUT2D eigenvalue weighted by molar-refractivity contribution is 5.85. The molecule has 1 aromatic carbocycles. The van der Waals surface area contributed by atoms with E-state index in [1.165, 1.54) is 6.20 Å². The van der Waals surface area contributed by atoms with Crippen LogP contribution >= 0.6 is 0 Å². The minimum absolute atomic E-state index is 0.00414. The van der Waals surface area contributed by atoms with Gasteiger partial charge in [0.1, 0.15) is 11.8 Å². The van der Waals surface area contributed by atoms with Crippen LogP contribution in [0, 0.1) is 0 Å². The van der Waals surface area contributed by atoms with E-state index in [4.69, 9.17) is 20.9 Å². The number of carbonyl (C=O) groups is 1. The molecule has 2 aromatic rings. The van der Waals surface area contributed by atoms with E-state index in [9.17, 15) is 4.79 Å². The summed E-state index contributed by atoms with van der Waals surface area (Å²) in [6, 6.07) is 3.54. The molecule has 0 amide bonds. The van der Waals surface area contributed by atoms with Gasteiger partial charge in [-0.1, -0.05) is 20.8 Å². The van der Waals surface area contributed by atoms with Crippen molar-refractivity contribution in [1.29, 1.82) is 0 Å². The minimum atomic E-state index is -0.417. The first kappa shape index (κ1) is 18.8. The molecule has 0 saturated heterocycles. The second-order valence-electron chi connectivity index (χ2n) is 6.87. The quantitative estimate of drug-likeness (QED) is 0.685. The predicted molar refractivity (Wildman–Crippen MR) is 104 cm³/mol. The highest BCUT2D eigenvalue weighted by atomic mass is 16.5. The number of benzene rings is 1. The Morgan fingerprint density at radius 1 is 1.30 bits per heavy atom. The molecule has 0 fully saturated rings. The lowest BCUT2D eigenvalue weighted by Gasteiger charge is -2.17. The third-order valence-electron chi connectivity index (χ3n) is 4.67. The minimum Gasteiger partial charge on any atom is -0.464 e. The Morgan fingerprint density at radius 3 is 2.67 bits per heavy atom. The molecule has 1 aromatic heterocycles. The molecule has 1 aliphatic heterocycles. The molecule has 5 N–H and O–H groups in total.